The molecule has 0 heterocycles. The highest BCUT2D eigenvalue weighted by atomic mass is 35.5. The Morgan fingerprint density at radius 2 is 2.00 bits per heavy atom. The number of alkyl halides is 3. The van der Waals surface area contributed by atoms with Crippen molar-refractivity contribution in [3.8, 4) is 11.8 Å². The lowest BCUT2D eigenvalue weighted by atomic mass is 10.1. The summed E-state index contributed by atoms with van der Waals surface area (Å²) in [5, 5.41) is 12.0. The Labute approximate surface area is 174 Å². The van der Waals surface area contributed by atoms with Gasteiger partial charge in [0.1, 0.15) is 24.0 Å². The van der Waals surface area contributed by atoms with Gasteiger partial charge in [0.15, 0.2) is 0 Å². The number of carbonyl (C=O) groups excluding carboxylic acids is 1. The van der Waals surface area contributed by atoms with Gasteiger partial charge in [0, 0.05) is 16.3 Å². The summed E-state index contributed by atoms with van der Waals surface area (Å²) in [4.78, 5) is 12.4. The van der Waals surface area contributed by atoms with Crippen LogP contribution >= 0.6 is 23.2 Å². The molecule has 29 heavy (non-hydrogen) atoms. The molecule has 0 radical (unpaired) electrons. The van der Waals surface area contributed by atoms with Crippen molar-refractivity contribution in [1.82, 2.24) is 0 Å². The molecule has 1 N–H and O–H groups in total. The van der Waals surface area contributed by atoms with Crippen LogP contribution in [-0.2, 0) is 11.0 Å². The molecule has 2 aromatic carbocycles. The third kappa shape index (κ3) is 6.01. The molecule has 9 heteroatoms. The number of halogens is 5. The molecule has 0 aliphatic heterocycles. The van der Waals surface area contributed by atoms with Crippen LogP contribution in [-0.4, -0.2) is 12.5 Å². The van der Waals surface area contributed by atoms with Gasteiger partial charge in [-0.2, -0.15) is 18.4 Å². The first kappa shape index (κ1) is 22.3. The zero-order valence-corrected chi connectivity index (χ0v) is 16.2. The number of benzene rings is 2. The van der Waals surface area contributed by atoms with Crippen LogP contribution in [0.15, 0.2) is 54.6 Å². The van der Waals surface area contributed by atoms with E-state index in [0.717, 1.165) is 18.2 Å². The molecule has 2 rings (SSSR count). The third-order valence-electron chi connectivity index (χ3n) is 3.50. The van der Waals surface area contributed by atoms with Gasteiger partial charge in [-0.25, -0.2) is 0 Å². The maximum Gasteiger partial charge on any atom is 0.416 e. The highest BCUT2D eigenvalue weighted by molar-refractivity contribution is 6.36. The Morgan fingerprint density at radius 1 is 1.28 bits per heavy atom. The van der Waals surface area contributed by atoms with Crippen molar-refractivity contribution in [2.45, 2.75) is 6.18 Å². The molecule has 0 spiro atoms. The minimum atomic E-state index is -4.57. The monoisotopic (exact) mass is 440 g/mol. The molecule has 0 aromatic heterocycles. The standard InChI is InChI=1S/C20H13Cl2F3N2O2/c1-2-6-29-18-12(8-15(21)10-17(18)22)7-13(11-26)19(28)27-16-5-3-4-14(9-16)20(23,24)25/h2-5,7-10H,1,6H2,(H,27,28)/b13-7+. The SMILES string of the molecule is C=CCOc1c(Cl)cc(Cl)cc1/C=C(\C#N)C(=O)Nc1cccc(C(F)(F)F)c1. The number of nitrogens with one attached hydrogen (secondary N) is 1. The van der Waals surface area contributed by atoms with Crippen molar-refractivity contribution in [3.63, 3.8) is 0 Å². The summed E-state index contributed by atoms with van der Waals surface area (Å²) in [5.41, 5.74) is -1.18. The van der Waals surface area contributed by atoms with Crippen molar-refractivity contribution >= 4 is 40.9 Å². The number of hydrogen-bond donors (Lipinski definition) is 1. The fraction of sp³-hybridized carbons (Fsp3) is 0.100. The molecule has 150 valence electrons. The maximum absolute atomic E-state index is 12.8. The van der Waals surface area contributed by atoms with Gasteiger partial charge in [-0.05, 0) is 36.4 Å². The lowest BCUT2D eigenvalue weighted by Crippen LogP contribution is -2.14. The Balaban J connectivity index is 2.37. The first-order valence-corrected chi connectivity index (χ1v) is 8.74. The summed E-state index contributed by atoms with van der Waals surface area (Å²) in [7, 11) is 0. The van der Waals surface area contributed by atoms with Crippen LogP contribution in [0.4, 0.5) is 18.9 Å². The lowest BCUT2D eigenvalue weighted by Gasteiger charge is -2.11. The van der Waals surface area contributed by atoms with E-state index in [4.69, 9.17) is 27.9 Å². The average molecular weight is 441 g/mol. The number of hydrogen-bond acceptors (Lipinski definition) is 3. The van der Waals surface area contributed by atoms with E-state index in [2.05, 4.69) is 11.9 Å². The molecule has 4 nitrogen and oxygen atoms in total. The van der Waals surface area contributed by atoms with Crippen LogP contribution in [0.2, 0.25) is 10.0 Å². The lowest BCUT2D eigenvalue weighted by molar-refractivity contribution is -0.137. The van der Waals surface area contributed by atoms with Crippen LogP contribution in [0.25, 0.3) is 6.08 Å². The van der Waals surface area contributed by atoms with Crippen molar-refractivity contribution in [3.05, 3.63) is 75.8 Å². The zero-order valence-electron chi connectivity index (χ0n) is 14.7. The highest BCUT2D eigenvalue weighted by Crippen LogP contribution is 2.34. The molecule has 0 unspecified atom stereocenters. The van der Waals surface area contributed by atoms with Crippen LogP contribution in [0.1, 0.15) is 11.1 Å². The van der Waals surface area contributed by atoms with E-state index in [0.29, 0.717) is 0 Å². The largest absolute Gasteiger partial charge is 0.487 e. The van der Waals surface area contributed by atoms with Gasteiger partial charge in [0.05, 0.1) is 10.6 Å². The minimum Gasteiger partial charge on any atom is -0.487 e. The van der Waals surface area contributed by atoms with Gasteiger partial charge in [-0.1, -0.05) is 41.9 Å². The first-order chi connectivity index (χ1) is 13.7. The molecule has 0 aliphatic rings. The Bertz CT molecular complexity index is 1010. The molecule has 2 aromatic rings. The van der Waals surface area contributed by atoms with Crippen LogP contribution < -0.4 is 10.1 Å². The van der Waals surface area contributed by atoms with Gasteiger partial charge in [-0.15, -0.1) is 0 Å². The number of nitrogens with zero attached hydrogens (tertiary/aromatic N) is 1. The number of ether oxygens (including phenoxy) is 1. The minimum absolute atomic E-state index is 0.112. The molecule has 0 saturated heterocycles. The summed E-state index contributed by atoms with van der Waals surface area (Å²) >= 11 is 12.1. The number of amides is 1. The van der Waals surface area contributed by atoms with E-state index in [1.165, 1.54) is 30.4 Å². The summed E-state index contributed by atoms with van der Waals surface area (Å²) in [6, 6.07) is 8.61. The van der Waals surface area contributed by atoms with Gasteiger partial charge < -0.3 is 10.1 Å². The second-order valence-electron chi connectivity index (χ2n) is 5.61. The highest BCUT2D eigenvalue weighted by Gasteiger charge is 2.30. The van der Waals surface area contributed by atoms with Crippen molar-refractivity contribution in [2.75, 3.05) is 11.9 Å². The van der Waals surface area contributed by atoms with Crippen LogP contribution in [0.5, 0.6) is 5.75 Å². The quantitative estimate of drug-likeness (QED) is 0.334. The zero-order chi connectivity index (χ0) is 21.6. The Kier molecular flexibility index (Phi) is 7.32. The second-order valence-corrected chi connectivity index (χ2v) is 6.45. The van der Waals surface area contributed by atoms with Crippen LogP contribution in [0, 0.1) is 11.3 Å². The molecule has 1 amide bonds. The van der Waals surface area contributed by atoms with E-state index < -0.39 is 17.6 Å². The van der Waals surface area contributed by atoms with E-state index >= 15 is 0 Å². The fourth-order valence-corrected chi connectivity index (χ4v) is 2.82. The van der Waals surface area contributed by atoms with Crippen molar-refractivity contribution in [1.29, 1.82) is 5.26 Å². The summed E-state index contributed by atoms with van der Waals surface area (Å²) in [6.45, 7) is 3.63. The predicted molar refractivity (Wildman–Crippen MR) is 106 cm³/mol. The number of anilines is 1. The molecule has 0 bridgehead atoms. The fourth-order valence-electron chi connectivity index (χ4n) is 2.26. The van der Waals surface area contributed by atoms with Gasteiger partial charge >= 0.3 is 6.18 Å². The predicted octanol–water partition coefficient (Wildman–Crippen LogP) is 6.12. The summed E-state index contributed by atoms with van der Waals surface area (Å²) < 4.78 is 43.9. The van der Waals surface area contributed by atoms with E-state index in [-0.39, 0.29) is 39.2 Å². The van der Waals surface area contributed by atoms with Crippen LogP contribution in [0.3, 0.4) is 0 Å². The second kappa shape index (κ2) is 9.50. The molecule has 0 atom stereocenters. The normalized spacial score (nSPS) is 11.5. The van der Waals surface area contributed by atoms with Gasteiger partial charge in [-0.3, -0.25) is 4.79 Å². The van der Waals surface area contributed by atoms with E-state index in [1.807, 2.05) is 0 Å². The summed E-state index contributed by atoms with van der Waals surface area (Å²) in [5.74, 6) is -0.729. The number of carbonyl (C=O) groups is 1. The molecule has 0 aliphatic carbocycles. The third-order valence-corrected chi connectivity index (χ3v) is 3.99. The number of nitriles is 1. The van der Waals surface area contributed by atoms with Crippen molar-refractivity contribution < 1.29 is 22.7 Å². The van der Waals surface area contributed by atoms with Gasteiger partial charge in [0.25, 0.3) is 5.91 Å². The molecular formula is C20H13Cl2F3N2O2. The average Bonchev–Trinajstić information content (AvgIpc) is 2.64. The van der Waals surface area contributed by atoms with Crippen molar-refractivity contribution in [2.24, 2.45) is 0 Å². The Hall–Kier alpha value is -2.95. The Morgan fingerprint density at radius 3 is 2.62 bits per heavy atom. The molecular weight excluding hydrogens is 428 g/mol. The maximum atomic E-state index is 12.8. The number of rotatable bonds is 6. The molecule has 0 saturated carbocycles. The van der Waals surface area contributed by atoms with E-state index in [9.17, 15) is 23.2 Å². The molecule has 0 fully saturated rings. The van der Waals surface area contributed by atoms with E-state index in [1.54, 1.807) is 6.07 Å². The topological polar surface area (TPSA) is 62.1 Å². The first-order valence-electron chi connectivity index (χ1n) is 7.99. The summed E-state index contributed by atoms with van der Waals surface area (Å²) in [6.07, 6.45) is -1.91. The van der Waals surface area contributed by atoms with Gasteiger partial charge in [0.2, 0.25) is 0 Å². The smallest absolute Gasteiger partial charge is 0.416 e.